The standard InChI is InChI=1S/C8H11N3O4S/c12-8(13)7(5-1-2-5)11-16(14,15)6-3-9-4-10-6/h3-5,7,11H,1-2H2,(H,9,10)(H,12,13). The minimum atomic E-state index is -3.82. The van der Waals surface area contributed by atoms with Crippen LogP contribution >= 0.6 is 0 Å². The summed E-state index contributed by atoms with van der Waals surface area (Å²) in [5, 5.41) is 8.77. The summed E-state index contributed by atoms with van der Waals surface area (Å²) in [7, 11) is -3.82. The summed E-state index contributed by atoms with van der Waals surface area (Å²) in [5.74, 6) is -1.25. The predicted molar refractivity (Wildman–Crippen MR) is 53.1 cm³/mol. The van der Waals surface area contributed by atoms with Crippen molar-refractivity contribution in [1.29, 1.82) is 0 Å². The van der Waals surface area contributed by atoms with E-state index in [0.29, 0.717) is 0 Å². The highest BCUT2D eigenvalue weighted by molar-refractivity contribution is 7.89. The predicted octanol–water partition coefficient (Wildman–Crippen LogP) is -0.449. The van der Waals surface area contributed by atoms with Gasteiger partial charge in [0, 0.05) is 0 Å². The number of hydrogen-bond acceptors (Lipinski definition) is 4. The van der Waals surface area contributed by atoms with E-state index < -0.39 is 22.0 Å². The van der Waals surface area contributed by atoms with Gasteiger partial charge >= 0.3 is 5.97 Å². The first-order chi connectivity index (χ1) is 7.50. The lowest BCUT2D eigenvalue weighted by Gasteiger charge is -2.12. The van der Waals surface area contributed by atoms with Gasteiger partial charge in [0.05, 0.1) is 12.5 Å². The van der Waals surface area contributed by atoms with Gasteiger partial charge in [0.15, 0.2) is 5.03 Å². The van der Waals surface area contributed by atoms with Crippen molar-refractivity contribution in [3.8, 4) is 0 Å². The van der Waals surface area contributed by atoms with Crippen LogP contribution in [0, 0.1) is 5.92 Å². The van der Waals surface area contributed by atoms with Gasteiger partial charge in [0.1, 0.15) is 6.04 Å². The Bertz CT molecular complexity index is 477. The largest absolute Gasteiger partial charge is 0.480 e. The average molecular weight is 245 g/mol. The summed E-state index contributed by atoms with van der Waals surface area (Å²) in [6.07, 6.45) is 3.83. The maximum Gasteiger partial charge on any atom is 0.322 e. The van der Waals surface area contributed by atoms with Gasteiger partial charge in [-0.25, -0.2) is 13.4 Å². The van der Waals surface area contributed by atoms with Crippen molar-refractivity contribution >= 4 is 16.0 Å². The molecule has 1 saturated carbocycles. The zero-order valence-electron chi connectivity index (χ0n) is 8.25. The quantitative estimate of drug-likeness (QED) is 0.650. The first-order valence-electron chi connectivity index (χ1n) is 4.74. The lowest BCUT2D eigenvalue weighted by molar-refractivity contribution is -0.139. The van der Waals surface area contributed by atoms with Crippen molar-refractivity contribution in [2.45, 2.75) is 23.9 Å². The molecule has 0 radical (unpaired) electrons. The summed E-state index contributed by atoms with van der Waals surface area (Å²) in [4.78, 5) is 16.9. The van der Waals surface area contributed by atoms with E-state index in [1.165, 1.54) is 6.33 Å². The number of aromatic amines is 1. The molecule has 7 nitrogen and oxygen atoms in total. The fourth-order valence-corrected chi connectivity index (χ4v) is 2.56. The molecule has 0 spiro atoms. The molecule has 8 heteroatoms. The number of aromatic nitrogens is 2. The second kappa shape index (κ2) is 3.87. The highest BCUT2D eigenvalue weighted by atomic mass is 32.2. The van der Waals surface area contributed by atoms with Crippen LogP contribution in [-0.4, -0.2) is 35.5 Å². The minimum absolute atomic E-state index is 0.102. The van der Waals surface area contributed by atoms with Crippen molar-refractivity contribution in [2.24, 2.45) is 5.92 Å². The van der Waals surface area contributed by atoms with E-state index in [1.807, 2.05) is 0 Å². The van der Waals surface area contributed by atoms with Gasteiger partial charge in [-0.15, -0.1) is 0 Å². The maximum atomic E-state index is 11.7. The van der Waals surface area contributed by atoms with Crippen LogP contribution in [0.3, 0.4) is 0 Å². The van der Waals surface area contributed by atoms with Crippen LogP contribution in [0.25, 0.3) is 0 Å². The summed E-state index contributed by atoms with van der Waals surface area (Å²) in [6.45, 7) is 0. The molecule has 1 aliphatic carbocycles. The Morgan fingerprint density at radius 3 is 2.75 bits per heavy atom. The molecule has 0 aliphatic heterocycles. The molecule has 88 valence electrons. The first kappa shape index (κ1) is 11.1. The van der Waals surface area contributed by atoms with E-state index in [1.54, 1.807) is 0 Å². The Labute approximate surface area is 91.9 Å². The van der Waals surface area contributed by atoms with Crippen LogP contribution in [-0.2, 0) is 14.8 Å². The molecule has 1 aromatic heterocycles. The monoisotopic (exact) mass is 245 g/mol. The molecular weight excluding hydrogens is 234 g/mol. The zero-order chi connectivity index (χ0) is 11.8. The van der Waals surface area contributed by atoms with E-state index in [4.69, 9.17) is 5.11 Å². The molecule has 1 heterocycles. The molecule has 1 aliphatic rings. The van der Waals surface area contributed by atoms with Crippen molar-refractivity contribution in [2.75, 3.05) is 0 Å². The Kier molecular flexibility index (Phi) is 2.68. The second-order valence-corrected chi connectivity index (χ2v) is 5.37. The highest BCUT2D eigenvalue weighted by Gasteiger charge is 2.39. The number of hydrogen-bond donors (Lipinski definition) is 3. The number of nitrogens with one attached hydrogen (secondary N) is 2. The normalized spacial score (nSPS) is 18.2. The first-order valence-corrected chi connectivity index (χ1v) is 6.22. The third kappa shape index (κ3) is 2.22. The van der Waals surface area contributed by atoms with Gasteiger partial charge in [-0.3, -0.25) is 4.79 Å². The molecule has 1 aromatic rings. The van der Waals surface area contributed by atoms with Crippen molar-refractivity contribution < 1.29 is 18.3 Å². The van der Waals surface area contributed by atoms with E-state index in [-0.39, 0.29) is 10.9 Å². The van der Waals surface area contributed by atoms with Gasteiger partial charge in [0.2, 0.25) is 0 Å². The smallest absolute Gasteiger partial charge is 0.322 e. The molecule has 1 atom stereocenters. The van der Waals surface area contributed by atoms with E-state index >= 15 is 0 Å². The van der Waals surface area contributed by atoms with Crippen LogP contribution in [0.5, 0.6) is 0 Å². The van der Waals surface area contributed by atoms with Crippen LogP contribution in [0.1, 0.15) is 12.8 Å². The molecular formula is C8H11N3O4S. The van der Waals surface area contributed by atoms with Crippen LogP contribution in [0.2, 0.25) is 0 Å². The minimum Gasteiger partial charge on any atom is -0.480 e. The van der Waals surface area contributed by atoms with Gasteiger partial charge < -0.3 is 10.1 Å². The van der Waals surface area contributed by atoms with Crippen molar-refractivity contribution in [3.63, 3.8) is 0 Å². The summed E-state index contributed by atoms with van der Waals surface area (Å²) >= 11 is 0. The van der Waals surface area contributed by atoms with E-state index in [2.05, 4.69) is 14.7 Å². The molecule has 2 rings (SSSR count). The third-order valence-corrected chi connectivity index (χ3v) is 3.77. The van der Waals surface area contributed by atoms with Crippen LogP contribution in [0.15, 0.2) is 17.6 Å². The van der Waals surface area contributed by atoms with E-state index in [0.717, 1.165) is 19.0 Å². The maximum absolute atomic E-state index is 11.7. The fraction of sp³-hybridized carbons (Fsp3) is 0.500. The number of H-pyrrole nitrogens is 1. The Balaban J connectivity index is 2.16. The summed E-state index contributed by atoms with van der Waals surface area (Å²) < 4.78 is 25.5. The number of aliphatic carboxylic acids is 1. The summed E-state index contributed by atoms with van der Waals surface area (Å²) in [5.41, 5.74) is 0. The summed E-state index contributed by atoms with van der Waals surface area (Å²) in [6, 6.07) is -1.05. The Morgan fingerprint density at radius 1 is 1.62 bits per heavy atom. The third-order valence-electron chi connectivity index (χ3n) is 2.40. The number of rotatable bonds is 5. The SMILES string of the molecule is O=C(O)C(NS(=O)(=O)c1cnc[nH]1)C1CC1. The number of carboxylic acid groups (broad SMARTS) is 1. The van der Waals surface area contributed by atoms with E-state index in [9.17, 15) is 13.2 Å². The highest BCUT2D eigenvalue weighted by Crippen LogP contribution is 2.33. The number of sulfonamides is 1. The Hall–Kier alpha value is -1.41. The van der Waals surface area contributed by atoms with Gasteiger partial charge in [-0.1, -0.05) is 0 Å². The Morgan fingerprint density at radius 2 is 2.31 bits per heavy atom. The van der Waals surface area contributed by atoms with Crippen LogP contribution < -0.4 is 4.72 Å². The van der Waals surface area contributed by atoms with Crippen LogP contribution in [0.4, 0.5) is 0 Å². The van der Waals surface area contributed by atoms with Gasteiger partial charge in [-0.05, 0) is 18.8 Å². The van der Waals surface area contributed by atoms with Crippen molar-refractivity contribution in [1.82, 2.24) is 14.7 Å². The number of nitrogens with zero attached hydrogens (tertiary/aromatic N) is 1. The van der Waals surface area contributed by atoms with Gasteiger partial charge in [0.25, 0.3) is 10.0 Å². The van der Waals surface area contributed by atoms with Crippen molar-refractivity contribution in [3.05, 3.63) is 12.5 Å². The second-order valence-electron chi connectivity index (χ2n) is 3.69. The number of carbonyl (C=O) groups is 1. The lowest BCUT2D eigenvalue weighted by Crippen LogP contribution is -2.42. The molecule has 0 aromatic carbocycles. The molecule has 0 saturated heterocycles. The molecule has 1 fully saturated rings. The molecule has 1 unspecified atom stereocenters. The molecule has 16 heavy (non-hydrogen) atoms. The fourth-order valence-electron chi connectivity index (χ4n) is 1.40. The molecule has 3 N–H and O–H groups in total. The topological polar surface area (TPSA) is 112 Å². The number of imidazole rings is 1. The number of carboxylic acids is 1. The average Bonchev–Trinajstić information content (AvgIpc) is 2.87. The zero-order valence-corrected chi connectivity index (χ0v) is 9.07. The molecule has 0 amide bonds. The lowest BCUT2D eigenvalue weighted by atomic mass is 10.2. The van der Waals surface area contributed by atoms with Gasteiger partial charge in [-0.2, -0.15) is 4.72 Å². The molecule has 0 bridgehead atoms.